The summed E-state index contributed by atoms with van der Waals surface area (Å²) < 4.78 is 0. The van der Waals surface area contributed by atoms with E-state index < -0.39 is 0 Å². The summed E-state index contributed by atoms with van der Waals surface area (Å²) in [6.45, 7) is 8.54. The van der Waals surface area contributed by atoms with Crippen molar-refractivity contribution in [3.63, 3.8) is 0 Å². The summed E-state index contributed by atoms with van der Waals surface area (Å²) in [6, 6.07) is 0. The predicted molar refractivity (Wildman–Crippen MR) is 23.5 cm³/mol. The third kappa shape index (κ3) is 3.74. The lowest BCUT2D eigenvalue weighted by atomic mass is 10.3. The van der Waals surface area contributed by atoms with Crippen molar-refractivity contribution >= 4 is 0 Å². The van der Waals surface area contributed by atoms with Crippen LogP contribution in [0.5, 0.6) is 0 Å². The van der Waals surface area contributed by atoms with E-state index in [2.05, 4.69) is 6.92 Å². The van der Waals surface area contributed by atoms with Gasteiger partial charge in [-0.2, -0.15) is 0 Å². The molecule has 0 unspecified atom stereocenters. The van der Waals surface area contributed by atoms with Gasteiger partial charge in [-0.05, 0) is 12.8 Å². The van der Waals surface area contributed by atoms with Crippen LogP contribution in [0.4, 0.5) is 0 Å². The number of hydrogen-bond donors (Lipinski definition) is 0. The lowest BCUT2D eigenvalue weighted by molar-refractivity contribution is 1.05. The fraction of sp³-hybridized carbons (Fsp3) is 0.400. The van der Waals surface area contributed by atoms with Crippen LogP contribution in [0, 0.1) is 13.5 Å². The van der Waals surface area contributed by atoms with Crippen molar-refractivity contribution in [1.29, 1.82) is 0 Å². The quantitative estimate of drug-likeness (QED) is 0.461. The molecule has 0 aromatic rings. The SMILES string of the molecule is [CH]=CCC[CH2]. The molecular formula is C5H8. The molecule has 0 fully saturated rings. The van der Waals surface area contributed by atoms with Crippen LogP contribution in [-0.4, -0.2) is 0 Å². The summed E-state index contributed by atoms with van der Waals surface area (Å²) in [5.74, 6) is 0. The molecule has 2 radical (unpaired) electrons. The minimum Gasteiger partial charge on any atom is -0.0845 e. The molecule has 0 bridgehead atoms. The van der Waals surface area contributed by atoms with Crippen LogP contribution in [0.25, 0.3) is 0 Å². The van der Waals surface area contributed by atoms with E-state index in [1.807, 2.05) is 0 Å². The van der Waals surface area contributed by atoms with Crippen molar-refractivity contribution in [2.24, 2.45) is 0 Å². The van der Waals surface area contributed by atoms with Crippen LogP contribution < -0.4 is 0 Å². The van der Waals surface area contributed by atoms with E-state index >= 15 is 0 Å². The van der Waals surface area contributed by atoms with Crippen LogP contribution in [0.1, 0.15) is 12.8 Å². The molecule has 0 spiro atoms. The Labute approximate surface area is 33.5 Å². The van der Waals surface area contributed by atoms with Gasteiger partial charge in [-0.15, -0.1) is 0 Å². The average molecular weight is 68.1 g/mol. The Morgan fingerprint density at radius 2 is 2.40 bits per heavy atom. The van der Waals surface area contributed by atoms with Gasteiger partial charge in [0.2, 0.25) is 0 Å². The zero-order chi connectivity index (χ0) is 4.12. The van der Waals surface area contributed by atoms with Crippen molar-refractivity contribution in [2.75, 3.05) is 0 Å². The summed E-state index contributed by atoms with van der Waals surface area (Å²) in [5.41, 5.74) is 0. The van der Waals surface area contributed by atoms with Crippen LogP contribution in [0.2, 0.25) is 0 Å². The normalized spacial score (nSPS) is 7.40. The Morgan fingerprint density at radius 3 is 2.40 bits per heavy atom. The zero-order valence-corrected chi connectivity index (χ0v) is 3.28. The summed E-state index contributed by atoms with van der Waals surface area (Å²) in [6.07, 6.45) is 3.46. The van der Waals surface area contributed by atoms with Gasteiger partial charge in [0.25, 0.3) is 0 Å². The van der Waals surface area contributed by atoms with Crippen molar-refractivity contribution in [1.82, 2.24) is 0 Å². The third-order valence-electron chi connectivity index (χ3n) is 0.371. The molecule has 0 atom stereocenters. The van der Waals surface area contributed by atoms with E-state index in [0.717, 1.165) is 12.8 Å². The smallest absolute Gasteiger partial charge is 0.0348 e. The molecule has 0 N–H and O–H groups in total. The van der Waals surface area contributed by atoms with E-state index in [-0.39, 0.29) is 0 Å². The largest absolute Gasteiger partial charge is 0.0845 e. The highest BCUT2D eigenvalue weighted by Gasteiger charge is 1.62. The van der Waals surface area contributed by atoms with Gasteiger partial charge in [-0.1, -0.05) is 19.6 Å². The van der Waals surface area contributed by atoms with Gasteiger partial charge in [-0.25, -0.2) is 0 Å². The first-order valence-corrected chi connectivity index (χ1v) is 1.74. The lowest BCUT2D eigenvalue weighted by Crippen LogP contribution is -1.53. The Hall–Kier alpha value is -0.260. The van der Waals surface area contributed by atoms with E-state index in [1.54, 1.807) is 6.08 Å². The predicted octanol–water partition coefficient (Wildman–Crippen LogP) is 1.59. The first-order chi connectivity index (χ1) is 2.41. The molecule has 0 aromatic carbocycles. The second-order valence-electron chi connectivity index (χ2n) is 0.878. The molecule has 0 aliphatic rings. The second-order valence-corrected chi connectivity index (χ2v) is 0.878. The standard InChI is InChI=1S/C5H8/c1-3-5-4-2/h1,3H,2,4-5H2. The van der Waals surface area contributed by atoms with E-state index in [9.17, 15) is 0 Å². The number of hydrogen-bond acceptors (Lipinski definition) is 0. The summed E-state index contributed by atoms with van der Waals surface area (Å²) in [5, 5.41) is 0. The Balaban J connectivity index is 2.40. The molecule has 0 aliphatic heterocycles. The highest BCUT2D eigenvalue weighted by molar-refractivity contribution is 4.61. The molecule has 0 rings (SSSR count). The molecule has 5 heavy (non-hydrogen) atoms. The maximum atomic E-state index is 4.97. The maximum Gasteiger partial charge on any atom is -0.0348 e. The monoisotopic (exact) mass is 68.1 g/mol. The summed E-state index contributed by atoms with van der Waals surface area (Å²) in [7, 11) is 0. The molecule has 0 aliphatic carbocycles. The highest BCUT2D eigenvalue weighted by atomic mass is 13.7. The van der Waals surface area contributed by atoms with Crippen molar-refractivity contribution in [2.45, 2.75) is 12.8 Å². The lowest BCUT2D eigenvalue weighted by Gasteiger charge is -1.72. The molecule has 0 heteroatoms. The molecule has 0 saturated heterocycles. The van der Waals surface area contributed by atoms with E-state index in [1.165, 1.54) is 0 Å². The third-order valence-corrected chi connectivity index (χ3v) is 0.371. The second kappa shape index (κ2) is 3.74. The molecule has 0 heterocycles. The zero-order valence-electron chi connectivity index (χ0n) is 3.28. The summed E-state index contributed by atoms with van der Waals surface area (Å²) in [4.78, 5) is 0. The fourth-order valence-electron chi connectivity index (χ4n) is 0.118. The van der Waals surface area contributed by atoms with Gasteiger partial charge in [0.15, 0.2) is 0 Å². The van der Waals surface area contributed by atoms with Crippen molar-refractivity contribution < 1.29 is 0 Å². The maximum absolute atomic E-state index is 4.97. The van der Waals surface area contributed by atoms with Gasteiger partial charge >= 0.3 is 0 Å². The Bertz CT molecular complexity index is 21.2. The minimum atomic E-state index is 0.913. The number of unbranched alkanes of at least 4 members (excludes halogenated alkanes) is 1. The molecular weight excluding hydrogens is 60.1 g/mol. The molecule has 28 valence electrons. The molecule has 0 nitrogen and oxygen atoms in total. The molecule has 0 amide bonds. The highest BCUT2D eigenvalue weighted by Crippen LogP contribution is 1.81. The van der Waals surface area contributed by atoms with Crippen molar-refractivity contribution in [3.05, 3.63) is 19.6 Å². The average Bonchev–Trinajstić information content (AvgIpc) is 1.41. The Morgan fingerprint density at radius 1 is 1.80 bits per heavy atom. The Kier molecular flexibility index (Phi) is 3.55. The van der Waals surface area contributed by atoms with E-state index in [4.69, 9.17) is 6.58 Å². The van der Waals surface area contributed by atoms with Crippen LogP contribution in [-0.2, 0) is 0 Å². The fourth-order valence-corrected chi connectivity index (χ4v) is 0.118. The van der Waals surface area contributed by atoms with Gasteiger partial charge in [0.05, 0.1) is 0 Å². The van der Waals surface area contributed by atoms with Crippen LogP contribution in [0.15, 0.2) is 6.08 Å². The van der Waals surface area contributed by atoms with Gasteiger partial charge in [-0.3, -0.25) is 0 Å². The summed E-state index contributed by atoms with van der Waals surface area (Å²) >= 11 is 0. The topological polar surface area (TPSA) is 0 Å². The van der Waals surface area contributed by atoms with Crippen LogP contribution in [0.3, 0.4) is 0 Å². The van der Waals surface area contributed by atoms with Gasteiger partial charge in [0, 0.05) is 0 Å². The van der Waals surface area contributed by atoms with Crippen LogP contribution >= 0.6 is 0 Å². The molecule has 0 aromatic heterocycles. The number of allylic oxidation sites excluding steroid dienone is 1. The minimum absolute atomic E-state index is 0.913. The first kappa shape index (κ1) is 4.74. The van der Waals surface area contributed by atoms with Gasteiger partial charge in [0.1, 0.15) is 0 Å². The molecule has 0 saturated carbocycles. The van der Waals surface area contributed by atoms with E-state index in [0.29, 0.717) is 0 Å². The van der Waals surface area contributed by atoms with Crippen molar-refractivity contribution in [3.8, 4) is 0 Å². The number of rotatable bonds is 2. The first-order valence-electron chi connectivity index (χ1n) is 1.74. The van der Waals surface area contributed by atoms with Gasteiger partial charge < -0.3 is 0 Å².